The van der Waals surface area contributed by atoms with Gasteiger partial charge < -0.3 is 10.0 Å². The number of aryl methyl sites for hydroxylation is 1. The summed E-state index contributed by atoms with van der Waals surface area (Å²) in [5.74, 6) is -0.352. The van der Waals surface area contributed by atoms with Crippen molar-refractivity contribution in [1.82, 2.24) is 19.6 Å². The quantitative estimate of drug-likeness (QED) is 0.884. The van der Waals surface area contributed by atoms with Crippen LogP contribution < -0.4 is 0 Å². The largest absolute Gasteiger partial charge is 0.386 e. The summed E-state index contributed by atoms with van der Waals surface area (Å²) in [4.78, 5) is 15.5. The number of carbonyl (C=O) groups excluding carboxylic acids is 1. The molecule has 0 saturated heterocycles. The number of fused-ring (bicyclic) bond motifs is 1. The average Bonchev–Trinajstić information content (AvgIpc) is 3.01. The number of halogens is 1. The minimum atomic E-state index is -0.901. The molecule has 0 radical (unpaired) electrons. The molecular weight excluding hydrogens is 335 g/mol. The van der Waals surface area contributed by atoms with Gasteiger partial charge in [0.25, 0.3) is 0 Å². The van der Waals surface area contributed by atoms with Gasteiger partial charge in [0.15, 0.2) is 0 Å². The number of nitrogens with zero attached hydrogens (tertiary/aromatic N) is 4. The van der Waals surface area contributed by atoms with Crippen molar-refractivity contribution in [3.05, 3.63) is 52.6 Å². The van der Waals surface area contributed by atoms with Crippen molar-refractivity contribution in [3.63, 3.8) is 0 Å². The highest BCUT2D eigenvalue weighted by Crippen LogP contribution is 2.22. The maximum Gasteiger partial charge on any atom is 0.225 e. The third kappa shape index (κ3) is 4.11. The summed E-state index contributed by atoms with van der Waals surface area (Å²) in [6.45, 7) is 4.84. The average molecular weight is 360 g/mol. The van der Waals surface area contributed by atoms with Gasteiger partial charge >= 0.3 is 0 Å². The van der Waals surface area contributed by atoms with Crippen molar-refractivity contribution < 1.29 is 14.3 Å². The molecule has 3 rings (SSSR count). The second kappa shape index (κ2) is 7.55. The number of carbonyl (C=O) groups is 1. The second-order valence-corrected chi connectivity index (χ2v) is 7.07. The zero-order chi connectivity index (χ0) is 18.8. The molecule has 26 heavy (non-hydrogen) atoms. The normalized spacial score (nSPS) is 15.6. The van der Waals surface area contributed by atoms with Crippen molar-refractivity contribution in [3.8, 4) is 0 Å². The molecule has 0 fully saturated rings. The molecule has 2 aromatic rings. The zero-order valence-electron chi connectivity index (χ0n) is 15.4. The van der Waals surface area contributed by atoms with Gasteiger partial charge in [-0.3, -0.25) is 14.4 Å². The van der Waals surface area contributed by atoms with E-state index in [1.54, 1.807) is 26.2 Å². The van der Waals surface area contributed by atoms with Gasteiger partial charge in [0.1, 0.15) is 11.9 Å². The van der Waals surface area contributed by atoms with Gasteiger partial charge in [0.2, 0.25) is 5.91 Å². The monoisotopic (exact) mass is 360 g/mol. The fraction of sp³-hybridized carbons (Fsp3) is 0.474. The molecule has 0 bridgehead atoms. The summed E-state index contributed by atoms with van der Waals surface area (Å²) in [5, 5.41) is 14.7. The first kappa shape index (κ1) is 18.5. The number of aliphatic hydroxyl groups is 1. The molecule has 0 aliphatic carbocycles. The second-order valence-electron chi connectivity index (χ2n) is 7.07. The van der Waals surface area contributed by atoms with E-state index in [9.17, 15) is 14.3 Å². The number of hydrogen-bond donors (Lipinski definition) is 1. The highest BCUT2D eigenvalue weighted by molar-refractivity contribution is 5.76. The van der Waals surface area contributed by atoms with Crippen molar-refractivity contribution in [2.24, 2.45) is 0 Å². The predicted molar refractivity (Wildman–Crippen MR) is 95.7 cm³/mol. The molecule has 1 aromatic heterocycles. The maximum absolute atomic E-state index is 13.5. The van der Waals surface area contributed by atoms with Gasteiger partial charge in [-0.15, -0.1) is 0 Å². The van der Waals surface area contributed by atoms with E-state index in [4.69, 9.17) is 0 Å². The van der Waals surface area contributed by atoms with Gasteiger partial charge in [-0.2, -0.15) is 5.10 Å². The Morgan fingerprint density at radius 3 is 2.85 bits per heavy atom. The van der Waals surface area contributed by atoms with Crippen LogP contribution in [0.5, 0.6) is 0 Å². The first-order valence-electron chi connectivity index (χ1n) is 8.75. The highest BCUT2D eigenvalue weighted by Gasteiger charge is 2.23. The fourth-order valence-electron chi connectivity index (χ4n) is 3.14. The zero-order valence-corrected chi connectivity index (χ0v) is 15.4. The van der Waals surface area contributed by atoms with Crippen LogP contribution in [-0.4, -0.2) is 51.2 Å². The summed E-state index contributed by atoms with van der Waals surface area (Å²) < 4.78 is 15.4. The highest BCUT2D eigenvalue weighted by atomic mass is 19.1. The van der Waals surface area contributed by atoms with Gasteiger partial charge in [0.05, 0.1) is 24.4 Å². The molecular formula is C19H25FN4O2. The Kier molecular flexibility index (Phi) is 5.38. The molecule has 1 aliphatic rings. The number of hydrogen-bond acceptors (Lipinski definition) is 4. The first-order chi connectivity index (χ1) is 12.3. The summed E-state index contributed by atoms with van der Waals surface area (Å²) in [5.41, 5.74) is 3.58. The van der Waals surface area contributed by atoms with E-state index in [0.29, 0.717) is 25.3 Å². The van der Waals surface area contributed by atoms with E-state index >= 15 is 0 Å². The van der Waals surface area contributed by atoms with E-state index in [1.807, 2.05) is 17.7 Å². The molecule has 0 spiro atoms. The fourth-order valence-corrected chi connectivity index (χ4v) is 3.14. The van der Waals surface area contributed by atoms with Crippen LogP contribution in [0, 0.1) is 12.7 Å². The Morgan fingerprint density at radius 1 is 1.35 bits per heavy atom. The topological polar surface area (TPSA) is 61.6 Å². The number of amides is 1. The molecule has 1 atom stereocenters. The molecule has 1 amide bonds. The maximum atomic E-state index is 13.5. The SMILES string of the molecule is Cc1ccc(F)cc1CN1CCn2nc([C@@H](O)CC(=O)N(C)C)cc2C1. The van der Waals surface area contributed by atoms with Gasteiger partial charge in [-0.1, -0.05) is 6.07 Å². The Morgan fingerprint density at radius 2 is 2.12 bits per heavy atom. The third-order valence-corrected chi connectivity index (χ3v) is 4.81. The number of aliphatic hydroxyl groups excluding tert-OH is 1. The van der Waals surface area contributed by atoms with Gasteiger partial charge in [-0.05, 0) is 36.2 Å². The lowest BCUT2D eigenvalue weighted by Gasteiger charge is -2.28. The van der Waals surface area contributed by atoms with E-state index < -0.39 is 6.10 Å². The Balaban J connectivity index is 1.68. The molecule has 0 saturated carbocycles. The van der Waals surface area contributed by atoms with Crippen molar-refractivity contribution in [2.45, 2.75) is 39.1 Å². The minimum Gasteiger partial charge on any atom is -0.386 e. The third-order valence-electron chi connectivity index (χ3n) is 4.81. The van der Waals surface area contributed by atoms with Crippen LogP contribution in [0.1, 0.15) is 35.0 Å². The van der Waals surface area contributed by atoms with Crippen LogP contribution in [0.4, 0.5) is 4.39 Å². The Labute approximate surface area is 152 Å². The lowest BCUT2D eigenvalue weighted by atomic mass is 10.1. The predicted octanol–water partition coefficient (Wildman–Crippen LogP) is 1.86. The molecule has 6 nitrogen and oxygen atoms in total. The number of benzene rings is 1. The van der Waals surface area contributed by atoms with E-state index in [0.717, 1.165) is 23.4 Å². The van der Waals surface area contributed by atoms with Crippen LogP contribution in [0.15, 0.2) is 24.3 Å². The standard InChI is InChI=1S/C19H25FN4O2/c1-13-4-5-15(20)8-14(13)11-23-6-7-24-16(12-23)9-17(21-24)18(25)10-19(26)22(2)3/h4-5,8-9,18,25H,6-7,10-12H2,1-3H3/t18-/m0/s1. The van der Waals surface area contributed by atoms with Crippen molar-refractivity contribution >= 4 is 5.91 Å². The summed E-state index contributed by atoms with van der Waals surface area (Å²) >= 11 is 0. The summed E-state index contributed by atoms with van der Waals surface area (Å²) in [6.07, 6.45) is -0.878. The smallest absolute Gasteiger partial charge is 0.225 e. The first-order valence-corrected chi connectivity index (χ1v) is 8.75. The van der Waals surface area contributed by atoms with Crippen LogP contribution in [0.25, 0.3) is 0 Å². The lowest BCUT2D eigenvalue weighted by molar-refractivity contribution is -0.130. The summed E-state index contributed by atoms with van der Waals surface area (Å²) in [6, 6.07) is 6.73. The van der Waals surface area contributed by atoms with Crippen molar-refractivity contribution in [2.75, 3.05) is 20.6 Å². The Bertz CT molecular complexity index is 803. The van der Waals surface area contributed by atoms with Gasteiger partial charge in [0, 0.05) is 33.7 Å². The number of rotatable bonds is 5. The van der Waals surface area contributed by atoms with E-state index in [2.05, 4.69) is 10.00 Å². The van der Waals surface area contributed by atoms with Gasteiger partial charge in [-0.25, -0.2) is 4.39 Å². The van der Waals surface area contributed by atoms with Crippen LogP contribution in [0.3, 0.4) is 0 Å². The molecule has 1 N–H and O–H groups in total. The summed E-state index contributed by atoms with van der Waals surface area (Å²) in [7, 11) is 3.33. The van der Waals surface area contributed by atoms with Crippen molar-refractivity contribution in [1.29, 1.82) is 0 Å². The van der Waals surface area contributed by atoms with Crippen LogP contribution in [0.2, 0.25) is 0 Å². The lowest BCUT2D eigenvalue weighted by Crippen LogP contribution is -2.33. The Hall–Kier alpha value is -2.25. The van der Waals surface area contributed by atoms with E-state index in [1.165, 1.54) is 11.0 Å². The molecule has 7 heteroatoms. The molecule has 1 aliphatic heterocycles. The number of aromatic nitrogens is 2. The minimum absolute atomic E-state index is 0.0235. The van der Waals surface area contributed by atoms with Crippen LogP contribution >= 0.6 is 0 Å². The molecule has 2 heterocycles. The van der Waals surface area contributed by atoms with E-state index in [-0.39, 0.29) is 18.1 Å². The molecule has 140 valence electrons. The molecule has 1 aromatic carbocycles. The van der Waals surface area contributed by atoms with Crippen LogP contribution in [-0.2, 0) is 24.4 Å². The molecule has 0 unspecified atom stereocenters.